The lowest BCUT2D eigenvalue weighted by Crippen LogP contribution is -2.02. The zero-order valence-electron chi connectivity index (χ0n) is 16.3. The Balaban J connectivity index is 1.79. The number of imidazole rings is 1. The van der Waals surface area contributed by atoms with Gasteiger partial charge in [0.1, 0.15) is 11.3 Å². The number of nitrogen functional groups attached to an aromatic ring is 1. The van der Waals surface area contributed by atoms with Crippen molar-refractivity contribution in [3.8, 4) is 28.3 Å². The molecule has 0 amide bonds. The van der Waals surface area contributed by atoms with E-state index >= 15 is 0 Å². The second-order valence-electron chi connectivity index (χ2n) is 7.06. The smallest absolute Gasteiger partial charge is 0.165 e. The van der Waals surface area contributed by atoms with Gasteiger partial charge in [0, 0.05) is 28.4 Å². The third-order valence-electron chi connectivity index (χ3n) is 5.05. The van der Waals surface area contributed by atoms with Crippen LogP contribution < -0.4 is 5.73 Å². The molecule has 0 atom stereocenters. The number of hydrogen-bond donors (Lipinski definition) is 1. The highest BCUT2D eigenvalue weighted by molar-refractivity contribution is 6.30. The van der Waals surface area contributed by atoms with Crippen LogP contribution in [0.2, 0.25) is 5.02 Å². The molecule has 7 heteroatoms. The summed E-state index contributed by atoms with van der Waals surface area (Å²) >= 11 is 12.2. The molecule has 0 aliphatic carbocycles. The number of halogens is 2. The van der Waals surface area contributed by atoms with Gasteiger partial charge in [0.2, 0.25) is 0 Å². The topological polar surface area (TPSA) is 69.6 Å². The number of nitrogens with two attached hydrogens (primary N) is 1. The van der Waals surface area contributed by atoms with Crippen LogP contribution in [0.4, 0.5) is 5.82 Å². The Hall–Kier alpha value is -3.41. The zero-order chi connectivity index (χ0) is 21.4. The average Bonchev–Trinajstić information content (AvgIpc) is 3.18. The number of rotatable bonds is 4. The van der Waals surface area contributed by atoms with E-state index in [1.54, 1.807) is 6.20 Å². The third kappa shape index (κ3) is 3.63. The van der Waals surface area contributed by atoms with Crippen molar-refractivity contribution in [2.75, 3.05) is 5.73 Å². The number of benzene rings is 2. The predicted molar refractivity (Wildman–Crippen MR) is 127 cm³/mol. The van der Waals surface area contributed by atoms with Crippen molar-refractivity contribution in [3.63, 3.8) is 0 Å². The molecule has 31 heavy (non-hydrogen) atoms. The molecule has 2 N–H and O–H groups in total. The van der Waals surface area contributed by atoms with Crippen LogP contribution in [0.15, 0.2) is 79.0 Å². The van der Waals surface area contributed by atoms with Gasteiger partial charge in [0.15, 0.2) is 11.5 Å². The molecule has 0 bridgehead atoms. The molecule has 0 unspecified atom stereocenters. The van der Waals surface area contributed by atoms with Crippen molar-refractivity contribution in [2.45, 2.75) is 5.88 Å². The Morgan fingerprint density at radius 1 is 0.903 bits per heavy atom. The van der Waals surface area contributed by atoms with Crippen molar-refractivity contribution in [2.24, 2.45) is 0 Å². The second-order valence-corrected chi connectivity index (χ2v) is 7.76. The van der Waals surface area contributed by atoms with E-state index < -0.39 is 0 Å². The van der Waals surface area contributed by atoms with Gasteiger partial charge >= 0.3 is 0 Å². The van der Waals surface area contributed by atoms with Gasteiger partial charge in [-0.05, 0) is 54.1 Å². The lowest BCUT2D eigenvalue weighted by molar-refractivity contribution is 1.07. The fraction of sp³-hybridized carbons (Fsp3) is 0.0417. The number of nitrogens with zero attached hydrogens (tertiary/aromatic N) is 4. The molecule has 0 aliphatic heterocycles. The van der Waals surface area contributed by atoms with Crippen LogP contribution in [0, 0.1) is 0 Å². The first-order valence-corrected chi connectivity index (χ1v) is 10.6. The maximum Gasteiger partial charge on any atom is 0.165 e. The van der Waals surface area contributed by atoms with Gasteiger partial charge in [0.25, 0.3) is 0 Å². The highest BCUT2D eigenvalue weighted by Gasteiger charge is 2.18. The summed E-state index contributed by atoms with van der Waals surface area (Å²) in [5.41, 5.74) is 12.1. The van der Waals surface area contributed by atoms with E-state index in [1.165, 1.54) is 0 Å². The summed E-state index contributed by atoms with van der Waals surface area (Å²) < 4.78 is 1.99. The molecule has 0 saturated heterocycles. The predicted octanol–water partition coefficient (Wildman–Crippen LogP) is 6.12. The quantitative estimate of drug-likeness (QED) is 0.338. The minimum Gasteiger partial charge on any atom is -0.383 e. The number of pyridine rings is 2. The van der Waals surface area contributed by atoms with Crippen molar-refractivity contribution in [1.82, 2.24) is 19.5 Å². The van der Waals surface area contributed by atoms with Crippen LogP contribution in [0.3, 0.4) is 0 Å². The molecule has 0 fully saturated rings. The number of fused-ring (bicyclic) bond motifs is 1. The summed E-state index contributed by atoms with van der Waals surface area (Å²) in [6.45, 7) is 0. The molecule has 0 radical (unpaired) electrons. The van der Waals surface area contributed by atoms with E-state index in [0.29, 0.717) is 28.2 Å². The van der Waals surface area contributed by atoms with Crippen LogP contribution in [0.25, 0.3) is 39.5 Å². The maximum absolute atomic E-state index is 6.19. The summed E-state index contributed by atoms with van der Waals surface area (Å²) in [5, 5.41) is 0.661. The van der Waals surface area contributed by atoms with Gasteiger partial charge in [-0.3, -0.25) is 4.57 Å². The molecule has 0 spiro atoms. The Labute approximate surface area is 189 Å². The fourth-order valence-electron chi connectivity index (χ4n) is 3.53. The number of alkyl halides is 1. The summed E-state index contributed by atoms with van der Waals surface area (Å²) in [5.74, 6) is 1.53. The second kappa shape index (κ2) is 8.02. The van der Waals surface area contributed by atoms with Gasteiger partial charge in [-0.1, -0.05) is 35.9 Å². The van der Waals surface area contributed by atoms with E-state index in [4.69, 9.17) is 38.9 Å². The summed E-state index contributed by atoms with van der Waals surface area (Å²) in [7, 11) is 0. The molecule has 3 aromatic heterocycles. The molecular weight excluding hydrogens is 429 g/mol. The number of hydrogen-bond acceptors (Lipinski definition) is 4. The number of aromatic nitrogens is 4. The van der Waals surface area contributed by atoms with Crippen LogP contribution in [0.1, 0.15) is 5.56 Å². The first-order valence-electron chi connectivity index (χ1n) is 9.65. The molecule has 2 aromatic carbocycles. The lowest BCUT2D eigenvalue weighted by Gasteiger charge is -2.11. The molecule has 3 heterocycles. The van der Waals surface area contributed by atoms with Gasteiger partial charge in [-0.15, -0.1) is 11.6 Å². The van der Waals surface area contributed by atoms with Gasteiger partial charge in [-0.2, -0.15) is 0 Å². The van der Waals surface area contributed by atoms with Gasteiger partial charge < -0.3 is 5.73 Å². The molecule has 5 aromatic rings. The molecular formula is C24H17Cl2N5. The SMILES string of the molecule is Nc1ncccc1-c1nc2ccc(-c3cccc(Cl)c3)nc2n1-c1ccc(CCl)cc1. The van der Waals surface area contributed by atoms with Crippen molar-refractivity contribution < 1.29 is 0 Å². The summed E-state index contributed by atoms with van der Waals surface area (Å²) in [4.78, 5) is 14.0. The molecule has 0 aliphatic rings. The largest absolute Gasteiger partial charge is 0.383 e. The van der Waals surface area contributed by atoms with Crippen molar-refractivity contribution >= 4 is 40.2 Å². The van der Waals surface area contributed by atoms with E-state index in [1.807, 2.05) is 77.4 Å². The summed E-state index contributed by atoms with van der Waals surface area (Å²) in [6, 6.07) is 23.3. The third-order valence-corrected chi connectivity index (χ3v) is 5.60. The molecule has 0 saturated carbocycles. The van der Waals surface area contributed by atoms with E-state index in [0.717, 1.165) is 33.6 Å². The Morgan fingerprint density at radius 2 is 1.74 bits per heavy atom. The first-order chi connectivity index (χ1) is 15.1. The minimum absolute atomic E-state index is 0.409. The maximum atomic E-state index is 6.19. The molecule has 5 nitrogen and oxygen atoms in total. The average molecular weight is 446 g/mol. The van der Waals surface area contributed by atoms with Crippen LogP contribution >= 0.6 is 23.2 Å². The van der Waals surface area contributed by atoms with Crippen LogP contribution in [-0.2, 0) is 5.88 Å². The van der Waals surface area contributed by atoms with Crippen LogP contribution in [-0.4, -0.2) is 19.5 Å². The lowest BCUT2D eigenvalue weighted by atomic mass is 10.1. The first kappa shape index (κ1) is 19.5. The highest BCUT2D eigenvalue weighted by Crippen LogP contribution is 2.32. The van der Waals surface area contributed by atoms with Gasteiger partial charge in [-0.25, -0.2) is 15.0 Å². The Morgan fingerprint density at radius 3 is 2.48 bits per heavy atom. The zero-order valence-corrected chi connectivity index (χ0v) is 17.8. The van der Waals surface area contributed by atoms with E-state index in [9.17, 15) is 0 Å². The highest BCUT2D eigenvalue weighted by atomic mass is 35.5. The summed E-state index contributed by atoms with van der Waals surface area (Å²) in [6.07, 6.45) is 1.66. The fourth-order valence-corrected chi connectivity index (χ4v) is 3.90. The van der Waals surface area contributed by atoms with E-state index in [-0.39, 0.29) is 0 Å². The van der Waals surface area contributed by atoms with Gasteiger partial charge in [0.05, 0.1) is 11.3 Å². The standard InChI is InChI=1S/C24H17Cl2N5/c25-14-15-6-8-18(9-7-15)31-23(19-5-2-12-28-22(19)27)30-21-11-10-20(29-24(21)31)16-3-1-4-17(26)13-16/h1-13H,14H2,(H2,27,28). The van der Waals surface area contributed by atoms with Crippen molar-refractivity contribution in [3.05, 3.63) is 89.6 Å². The number of anilines is 1. The Bertz CT molecular complexity index is 1390. The normalized spacial score (nSPS) is 11.2. The minimum atomic E-state index is 0.409. The van der Waals surface area contributed by atoms with Crippen LogP contribution in [0.5, 0.6) is 0 Å². The Kier molecular flexibility index (Phi) is 5.06. The molecule has 152 valence electrons. The molecule has 5 rings (SSSR count). The van der Waals surface area contributed by atoms with Crippen molar-refractivity contribution in [1.29, 1.82) is 0 Å². The van der Waals surface area contributed by atoms with E-state index in [2.05, 4.69) is 4.98 Å². The monoisotopic (exact) mass is 445 g/mol.